The van der Waals surface area contributed by atoms with E-state index in [2.05, 4.69) is 33.2 Å². The van der Waals surface area contributed by atoms with Gasteiger partial charge in [0.25, 0.3) is 5.91 Å². The molecule has 0 aromatic heterocycles. The molecular weight excluding hydrogens is 397 g/mol. The molecule has 1 amide bonds. The van der Waals surface area contributed by atoms with Crippen molar-refractivity contribution in [3.63, 3.8) is 0 Å². The molecule has 0 radical (unpaired) electrons. The van der Waals surface area contributed by atoms with Gasteiger partial charge in [-0.15, -0.1) is 0 Å². The van der Waals surface area contributed by atoms with Crippen LogP contribution in [0.2, 0.25) is 0 Å². The van der Waals surface area contributed by atoms with Crippen LogP contribution in [0.1, 0.15) is 18.4 Å². The van der Waals surface area contributed by atoms with Crippen LogP contribution in [0, 0.1) is 21.8 Å². The number of benzene rings is 1. The minimum absolute atomic E-state index is 0.0385. The highest BCUT2D eigenvalue weighted by atomic mass is 127. The maximum Gasteiger partial charge on any atom is 0.303 e. The molecule has 0 aliphatic rings. The Labute approximate surface area is 142 Å². The number of nitrogens with zero attached hydrogens (tertiary/aromatic N) is 1. The Morgan fingerprint density at radius 2 is 2.18 bits per heavy atom. The Kier molecular flexibility index (Phi) is 7.39. The van der Waals surface area contributed by atoms with Gasteiger partial charge in [0, 0.05) is 28.4 Å². The normalized spacial score (nSPS) is 10.7. The van der Waals surface area contributed by atoms with Gasteiger partial charge < -0.3 is 15.7 Å². The number of aryl methyl sites for hydroxylation is 1. The van der Waals surface area contributed by atoms with Crippen LogP contribution >= 0.6 is 22.6 Å². The van der Waals surface area contributed by atoms with E-state index in [0.29, 0.717) is 18.7 Å². The number of carboxylic acids is 1. The molecule has 1 aromatic carbocycles. The number of carbonyl (C=O) groups excluding carboxylic acids is 1. The van der Waals surface area contributed by atoms with Gasteiger partial charge in [-0.05, 0) is 59.7 Å². The Morgan fingerprint density at radius 3 is 2.77 bits per heavy atom. The summed E-state index contributed by atoms with van der Waals surface area (Å²) in [5.41, 5.74) is 1.50. The Hall–Kier alpha value is -2.08. The smallest absolute Gasteiger partial charge is 0.303 e. The van der Waals surface area contributed by atoms with Crippen molar-refractivity contribution >= 4 is 40.2 Å². The molecule has 0 unspecified atom stereocenters. The number of hydrogen-bond donors (Lipinski definition) is 3. The number of aliphatic carboxylic acids is 1. The van der Waals surface area contributed by atoms with Gasteiger partial charge in [0.15, 0.2) is 0 Å². The van der Waals surface area contributed by atoms with E-state index in [9.17, 15) is 9.59 Å². The second-order valence-corrected chi connectivity index (χ2v) is 5.78. The summed E-state index contributed by atoms with van der Waals surface area (Å²) in [6.07, 6.45) is 1.76. The Balaban J connectivity index is 2.60. The lowest BCUT2D eigenvalue weighted by atomic mass is 10.2. The van der Waals surface area contributed by atoms with Crippen LogP contribution in [-0.2, 0) is 9.59 Å². The number of anilines is 1. The number of nitriles is 1. The lowest BCUT2D eigenvalue weighted by Gasteiger charge is -2.08. The molecule has 0 heterocycles. The van der Waals surface area contributed by atoms with Gasteiger partial charge in [-0.3, -0.25) is 9.59 Å². The molecule has 116 valence electrons. The van der Waals surface area contributed by atoms with Gasteiger partial charge >= 0.3 is 5.97 Å². The molecule has 3 N–H and O–H groups in total. The minimum atomic E-state index is -0.877. The molecule has 7 heteroatoms. The fourth-order valence-corrected chi connectivity index (χ4v) is 2.27. The van der Waals surface area contributed by atoms with Crippen molar-refractivity contribution in [1.29, 1.82) is 5.26 Å². The average Bonchev–Trinajstić information content (AvgIpc) is 2.45. The lowest BCUT2D eigenvalue weighted by molar-refractivity contribution is -0.137. The van der Waals surface area contributed by atoms with Crippen LogP contribution in [0.4, 0.5) is 5.69 Å². The van der Waals surface area contributed by atoms with Crippen LogP contribution in [0.5, 0.6) is 0 Å². The van der Waals surface area contributed by atoms with Gasteiger partial charge in [0.05, 0.1) is 0 Å². The first-order valence-electron chi connectivity index (χ1n) is 6.57. The molecule has 0 fully saturated rings. The monoisotopic (exact) mass is 413 g/mol. The van der Waals surface area contributed by atoms with E-state index >= 15 is 0 Å². The van der Waals surface area contributed by atoms with Gasteiger partial charge in [-0.2, -0.15) is 5.26 Å². The molecule has 0 saturated heterocycles. The largest absolute Gasteiger partial charge is 0.481 e. The fourth-order valence-electron chi connectivity index (χ4n) is 1.62. The first-order valence-corrected chi connectivity index (χ1v) is 7.65. The summed E-state index contributed by atoms with van der Waals surface area (Å²) in [6.45, 7) is 2.25. The molecule has 0 aliphatic carbocycles. The number of nitrogens with one attached hydrogen (secondary N) is 2. The third kappa shape index (κ3) is 6.13. The van der Waals surface area contributed by atoms with Crippen molar-refractivity contribution in [3.05, 3.63) is 39.1 Å². The molecule has 1 aromatic rings. The van der Waals surface area contributed by atoms with E-state index in [-0.39, 0.29) is 12.0 Å². The van der Waals surface area contributed by atoms with Gasteiger partial charge in [-0.25, -0.2) is 0 Å². The van der Waals surface area contributed by atoms with Crippen molar-refractivity contribution in [3.8, 4) is 6.07 Å². The minimum Gasteiger partial charge on any atom is -0.481 e. The average molecular weight is 413 g/mol. The predicted molar refractivity (Wildman–Crippen MR) is 91.1 cm³/mol. The number of hydrogen-bond acceptors (Lipinski definition) is 4. The molecule has 0 aliphatic heterocycles. The van der Waals surface area contributed by atoms with Crippen LogP contribution in [0.15, 0.2) is 30.0 Å². The Morgan fingerprint density at radius 1 is 1.45 bits per heavy atom. The lowest BCUT2D eigenvalue weighted by Crippen LogP contribution is -2.18. The summed E-state index contributed by atoms with van der Waals surface area (Å²) < 4.78 is 1.06. The molecule has 0 spiro atoms. The molecule has 6 nitrogen and oxygen atoms in total. The summed E-state index contributed by atoms with van der Waals surface area (Å²) in [5, 5.41) is 23.0. The summed E-state index contributed by atoms with van der Waals surface area (Å²) >= 11 is 2.18. The van der Waals surface area contributed by atoms with Crippen molar-refractivity contribution in [2.24, 2.45) is 0 Å². The first kappa shape index (κ1) is 18.0. The van der Waals surface area contributed by atoms with E-state index in [1.165, 1.54) is 6.20 Å². The highest BCUT2D eigenvalue weighted by Crippen LogP contribution is 2.18. The van der Waals surface area contributed by atoms with E-state index in [1.54, 1.807) is 6.07 Å². The summed E-state index contributed by atoms with van der Waals surface area (Å²) in [5.74, 6) is -1.38. The molecule has 0 bridgehead atoms. The van der Waals surface area contributed by atoms with E-state index in [0.717, 1.165) is 9.13 Å². The number of carboxylic acid groups (broad SMARTS) is 1. The zero-order valence-electron chi connectivity index (χ0n) is 12.0. The zero-order valence-corrected chi connectivity index (χ0v) is 14.2. The SMILES string of the molecule is Cc1cc(I)ccc1NC(=O)/C(C#N)=C\NCCCC(=O)O. The molecule has 0 saturated carbocycles. The third-order valence-electron chi connectivity index (χ3n) is 2.76. The number of carbonyl (C=O) groups is 2. The number of halogens is 1. The van der Waals surface area contributed by atoms with E-state index < -0.39 is 11.9 Å². The fraction of sp³-hybridized carbons (Fsp3) is 0.267. The molecular formula is C15H16IN3O3. The number of rotatable bonds is 7. The van der Waals surface area contributed by atoms with Gasteiger partial charge in [0.2, 0.25) is 0 Å². The predicted octanol–water partition coefficient (Wildman–Crippen LogP) is 2.40. The highest BCUT2D eigenvalue weighted by molar-refractivity contribution is 14.1. The summed E-state index contributed by atoms with van der Waals surface area (Å²) in [7, 11) is 0. The standard InChI is InChI=1S/C15H16IN3O3/c1-10-7-12(16)4-5-13(10)19-15(22)11(8-17)9-18-6-2-3-14(20)21/h4-5,7,9,18H,2-3,6H2,1H3,(H,19,22)(H,20,21)/b11-9-. The van der Waals surface area contributed by atoms with Crippen molar-refractivity contribution in [1.82, 2.24) is 5.32 Å². The molecule has 0 atom stereocenters. The third-order valence-corrected chi connectivity index (χ3v) is 3.43. The van der Waals surface area contributed by atoms with Crippen LogP contribution < -0.4 is 10.6 Å². The number of amides is 1. The quantitative estimate of drug-likeness (QED) is 0.276. The van der Waals surface area contributed by atoms with E-state index in [1.807, 2.05) is 25.1 Å². The molecule has 22 heavy (non-hydrogen) atoms. The van der Waals surface area contributed by atoms with Crippen molar-refractivity contribution in [2.45, 2.75) is 19.8 Å². The van der Waals surface area contributed by atoms with Crippen molar-refractivity contribution in [2.75, 3.05) is 11.9 Å². The van der Waals surface area contributed by atoms with E-state index in [4.69, 9.17) is 10.4 Å². The van der Waals surface area contributed by atoms with Gasteiger partial charge in [0.1, 0.15) is 11.6 Å². The summed E-state index contributed by atoms with van der Waals surface area (Å²) in [6, 6.07) is 7.39. The summed E-state index contributed by atoms with van der Waals surface area (Å²) in [4.78, 5) is 22.4. The molecule has 1 rings (SSSR count). The van der Waals surface area contributed by atoms with Crippen LogP contribution in [0.25, 0.3) is 0 Å². The topological polar surface area (TPSA) is 102 Å². The van der Waals surface area contributed by atoms with Crippen LogP contribution in [-0.4, -0.2) is 23.5 Å². The second kappa shape index (κ2) is 9.04. The second-order valence-electron chi connectivity index (χ2n) is 4.53. The zero-order chi connectivity index (χ0) is 16.5. The van der Waals surface area contributed by atoms with Crippen molar-refractivity contribution < 1.29 is 14.7 Å². The maximum atomic E-state index is 12.0. The first-order chi connectivity index (χ1) is 10.4. The maximum absolute atomic E-state index is 12.0. The highest BCUT2D eigenvalue weighted by Gasteiger charge is 2.10. The van der Waals surface area contributed by atoms with Crippen LogP contribution in [0.3, 0.4) is 0 Å². The Bertz CT molecular complexity index is 635. The van der Waals surface area contributed by atoms with Gasteiger partial charge in [-0.1, -0.05) is 0 Å².